The highest BCUT2D eigenvalue weighted by molar-refractivity contribution is 6.74. The third kappa shape index (κ3) is 3.46. The van der Waals surface area contributed by atoms with Gasteiger partial charge in [-0.1, -0.05) is 20.8 Å². The van der Waals surface area contributed by atoms with E-state index in [9.17, 15) is 4.79 Å². The summed E-state index contributed by atoms with van der Waals surface area (Å²) in [5, 5.41) is 3.39. The van der Waals surface area contributed by atoms with Crippen molar-refractivity contribution in [3.8, 4) is 0 Å². The van der Waals surface area contributed by atoms with E-state index in [1.54, 1.807) is 0 Å². The van der Waals surface area contributed by atoms with Crippen LogP contribution in [0.3, 0.4) is 0 Å². The number of hydrogen-bond donors (Lipinski definition) is 3. The molecule has 7 heteroatoms. The van der Waals surface area contributed by atoms with Gasteiger partial charge in [0.2, 0.25) is 5.95 Å². The minimum atomic E-state index is -1.75. The van der Waals surface area contributed by atoms with E-state index in [4.69, 9.17) is 10.2 Å². The van der Waals surface area contributed by atoms with E-state index in [1.807, 2.05) is 0 Å². The normalized spacial score (nSPS) is 19.0. The Bertz CT molecular complexity index is 577. The van der Waals surface area contributed by atoms with E-state index in [2.05, 4.69) is 49.1 Å². The highest BCUT2D eigenvalue weighted by Crippen LogP contribution is 2.37. The second-order valence-corrected chi connectivity index (χ2v) is 12.1. The van der Waals surface area contributed by atoms with Crippen LogP contribution in [0.1, 0.15) is 26.3 Å². The number of aromatic amines is 1. The van der Waals surface area contributed by atoms with Crippen molar-refractivity contribution in [1.82, 2.24) is 9.97 Å². The molecule has 0 aliphatic carbocycles. The maximum absolute atomic E-state index is 11.9. The van der Waals surface area contributed by atoms with E-state index in [1.165, 1.54) is 0 Å². The number of nitrogens with two attached hydrogens (primary N) is 1. The van der Waals surface area contributed by atoms with Gasteiger partial charge in [0.05, 0.1) is 5.56 Å². The Morgan fingerprint density at radius 2 is 2.10 bits per heavy atom. The molecule has 1 unspecified atom stereocenters. The molecule has 0 fully saturated rings. The quantitative estimate of drug-likeness (QED) is 0.742. The molecular weight excluding hydrogens is 284 g/mol. The number of rotatable bonds is 3. The summed E-state index contributed by atoms with van der Waals surface area (Å²) in [6.45, 7) is 12.6. The monoisotopic (exact) mass is 310 g/mol. The molecule has 0 amide bonds. The first-order chi connectivity index (χ1) is 9.60. The van der Waals surface area contributed by atoms with Crippen molar-refractivity contribution in [2.45, 2.75) is 45.3 Å². The van der Waals surface area contributed by atoms with Gasteiger partial charge < -0.3 is 15.5 Å². The molecule has 1 aromatic heterocycles. The molecule has 0 aromatic carbocycles. The fourth-order valence-electron chi connectivity index (χ4n) is 2.11. The number of nitrogen functional groups attached to an aromatic ring is 1. The molecule has 0 radical (unpaired) electrons. The Hall–Kier alpha value is -1.34. The van der Waals surface area contributed by atoms with E-state index < -0.39 is 8.32 Å². The molecule has 0 bridgehead atoms. The molecule has 0 spiro atoms. The van der Waals surface area contributed by atoms with Crippen molar-refractivity contribution < 1.29 is 4.43 Å². The second-order valence-electron chi connectivity index (χ2n) is 7.30. The zero-order chi connectivity index (χ0) is 15.8. The van der Waals surface area contributed by atoms with Crippen LogP contribution in [0, 0.1) is 5.92 Å². The number of H-pyrrole nitrogens is 1. The zero-order valence-electron chi connectivity index (χ0n) is 13.5. The van der Waals surface area contributed by atoms with Crippen LogP contribution in [0.25, 0.3) is 0 Å². The molecule has 2 rings (SSSR count). The molecule has 1 atom stereocenters. The average molecular weight is 310 g/mol. The minimum absolute atomic E-state index is 0.151. The first-order valence-electron chi connectivity index (χ1n) is 7.36. The van der Waals surface area contributed by atoms with Gasteiger partial charge in [0.15, 0.2) is 8.32 Å². The van der Waals surface area contributed by atoms with Crippen LogP contribution < -0.4 is 16.6 Å². The first-order valence-corrected chi connectivity index (χ1v) is 10.3. The highest BCUT2D eigenvalue weighted by Gasteiger charge is 2.38. The first kappa shape index (κ1) is 16.0. The summed E-state index contributed by atoms with van der Waals surface area (Å²) < 4.78 is 6.25. The summed E-state index contributed by atoms with van der Waals surface area (Å²) in [7, 11) is -1.75. The summed E-state index contributed by atoms with van der Waals surface area (Å²) in [5.41, 5.74) is 6.08. The lowest BCUT2D eigenvalue weighted by Gasteiger charge is -2.38. The summed E-state index contributed by atoms with van der Waals surface area (Å²) in [6.07, 6.45) is 0.680. The van der Waals surface area contributed by atoms with Crippen LogP contribution in [-0.2, 0) is 10.8 Å². The number of aromatic nitrogens is 2. The maximum atomic E-state index is 11.9. The molecule has 2 heterocycles. The number of nitrogens with one attached hydrogen (secondary N) is 2. The minimum Gasteiger partial charge on any atom is -0.416 e. The lowest BCUT2D eigenvalue weighted by Crippen LogP contribution is -2.43. The van der Waals surface area contributed by atoms with E-state index in [-0.39, 0.29) is 22.5 Å². The number of fused-ring (bicyclic) bond motifs is 1. The largest absolute Gasteiger partial charge is 0.416 e. The van der Waals surface area contributed by atoms with Crippen LogP contribution in [0.2, 0.25) is 18.1 Å². The van der Waals surface area contributed by atoms with Gasteiger partial charge in [-0.05, 0) is 24.6 Å². The van der Waals surface area contributed by atoms with E-state index >= 15 is 0 Å². The SMILES string of the molecule is CC(C)(C)[Si](C)(C)OCC1CNc2nc(N)[nH]c(=O)c2C1. The van der Waals surface area contributed by atoms with Crippen molar-refractivity contribution in [3.63, 3.8) is 0 Å². The Balaban J connectivity index is 2.05. The van der Waals surface area contributed by atoms with Crippen molar-refractivity contribution >= 4 is 20.1 Å². The lowest BCUT2D eigenvalue weighted by atomic mass is 9.98. The summed E-state index contributed by atoms with van der Waals surface area (Å²) in [6, 6.07) is 0. The number of hydrogen-bond acceptors (Lipinski definition) is 5. The average Bonchev–Trinajstić information content (AvgIpc) is 2.35. The molecular formula is C14H26N4O2Si. The maximum Gasteiger partial charge on any atom is 0.257 e. The van der Waals surface area contributed by atoms with Gasteiger partial charge >= 0.3 is 0 Å². The summed E-state index contributed by atoms with van der Waals surface area (Å²) in [5.74, 6) is 1.06. The Morgan fingerprint density at radius 1 is 1.43 bits per heavy atom. The Kier molecular flexibility index (Phi) is 4.16. The van der Waals surface area contributed by atoms with Gasteiger partial charge in [-0.15, -0.1) is 0 Å². The number of nitrogens with zero attached hydrogens (tertiary/aromatic N) is 1. The van der Waals surface area contributed by atoms with E-state index in [0.717, 1.165) is 6.54 Å². The molecule has 21 heavy (non-hydrogen) atoms. The molecule has 0 saturated carbocycles. The molecule has 6 nitrogen and oxygen atoms in total. The molecule has 0 saturated heterocycles. The van der Waals surface area contributed by atoms with Gasteiger partial charge in [-0.3, -0.25) is 9.78 Å². The smallest absolute Gasteiger partial charge is 0.257 e. The van der Waals surface area contributed by atoms with Crippen molar-refractivity contribution in [3.05, 3.63) is 15.9 Å². The standard InChI is InChI=1S/C14H26N4O2Si/c1-14(2,3)21(4,5)20-8-9-6-10-11(16-7-9)17-13(15)18-12(10)19/h9H,6-8H2,1-5H3,(H4,15,16,17,18,19). The van der Waals surface area contributed by atoms with Gasteiger partial charge in [-0.2, -0.15) is 4.98 Å². The molecule has 1 aromatic rings. The topological polar surface area (TPSA) is 93.0 Å². The molecule has 4 N–H and O–H groups in total. The van der Waals surface area contributed by atoms with E-state index in [0.29, 0.717) is 24.4 Å². The molecule has 1 aliphatic rings. The predicted molar refractivity (Wildman–Crippen MR) is 88.1 cm³/mol. The second kappa shape index (κ2) is 5.45. The third-order valence-electron chi connectivity index (χ3n) is 4.57. The zero-order valence-corrected chi connectivity index (χ0v) is 14.5. The molecule has 1 aliphatic heterocycles. The van der Waals surface area contributed by atoms with Crippen LogP contribution in [0.4, 0.5) is 11.8 Å². The highest BCUT2D eigenvalue weighted by atomic mass is 28.4. The fourth-order valence-corrected chi connectivity index (χ4v) is 3.20. The Morgan fingerprint density at radius 3 is 2.71 bits per heavy atom. The Labute approximate surface area is 126 Å². The van der Waals surface area contributed by atoms with Crippen LogP contribution in [-0.4, -0.2) is 31.4 Å². The van der Waals surface area contributed by atoms with Crippen molar-refractivity contribution in [2.75, 3.05) is 24.2 Å². The van der Waals surface area contributed by atoms with Gasteiger partial charge in [-0.25, -0.2) is 0 Å². The molecule has 118 valence electrons. The van der Waals surface area contributed by atoms with Gasteiger partial charge in [0.1, 0.15) is 5.82 Å². The van der Waals surface area contributed by atoms with Crippen LogP contribution in [0.15, 0.2) is 4.79 Å². The predicted octanol–water partition coefficient (Wildman–Crippen LogP) is 1.96. The summed E-state index contributed by atoms with van der Waals surface area (Å²) >= 11 is 0. The number of anilines is 2. The fraction of sp³-hybridized carbons (Fsp3) is 0.714. The van der Waals surface area contributed by atoms with Crippen LogP contribution in [0.5, 0.6) is 0 Å². The van der Waals surface area contributed by atoms with Crippen molar-refractivity contribution in [1.29, 1.82) is 0 Å². The lowest BCUT2D eigenvalue weighted by molar-refractivity contribution is 0.230. The van der Waals surface area contributed by atoms with Crippen molar-refractivity contribution in [2.24, 2.45) is 5.92 Å². The van der Waals surface area contributed by atoms with Crippen LogP contribution >= 0.6 is 0 Å². The summed E-state index contributed by atoms with van der Waals surface area (Å²) in [4.78, 5) is 18.6. The van der Waals surface area contributed by atoms with Gasteiger partial charge in [0, 0.05) is 19.1 Å². The van der Waals surface area contributed by atoms with Gasteiger partial charge in [0.25, 0.3) is 5.56 Å². The third-order valence-corrected chi connectivity index (χ3v) is 9.07.